The number of ether oxygens (including phenoxy) is 1. The van der Waals surface area contributed by atoms with Crippen LogP contribution in [0.15, 0.2) is 206 Å². The van der Waals surface area contributed by atoms with Crippen LogP contribution in [-0.2, 0) is 11.6 Å². The predicted molar refractivity (Wildman–Crippen MR) is 254 cm³/mol. The summed E-state index contributed by atoms with van der Waals surface area (Å²) in [5.41, 5.74) is 10.7. The topological polar surface area (TPSA) is 35.0 Å². The Labute approximate surface area is 374 Å². The van der Waals surface area contributed by atoms with Crippen LogP contribution in [0.4, 0.5) is 13.2 Å². The number of benzene rings is 9. The minimum Gasteiger partial charge on any atom is -0.457 e. The van der Waals surface area contributed by atoms with Gasteiger partial charge in [0.25, 0.3) is 0 Å². The molecule has 1 spiro atoms. The highest BCUT2D eigenvalue weighted by Crippen LogP contribution is 2.64. The molecule has 65 heavy (non-hydrogen) atoms. The molecule has 0 amide bonds. The second kappa shape index (κ2) is 14.7. The van der Waals surface area contributed by atoms with Crippen LogP contribution >= 0.6 is 0 Å². The number of para-hydroxylation sites is 1. The van der Waals surface area contributed by atoms with Gasteiger partial charge in [-0.15, -0.1) is 0 Å². The third kappa shape index (κ3) is 6.12. The maximum atomic E-state index is 15.4. The van der Waals surface area contributed by atoms with Gasteiger partial charge < -0.3 is 4.74 Å². The molecule has 0 radical (unpaired) electrons. The van der Waals surface area contributed by atoms with Crippen molar-refractivity contribution in [2.75, 3.05) is 0 Å². The minimum atomic E-state index is -4.62. The Hall–Kier alpha value is -8.09. The van der Waals surface area contributed by atoms with Gasteiger partial charge in [-0.25, -0.2) is 9.97 Å². The van der Waals surface area contributed by atoms with Gasteiger partial charge in [0.1, 0.15) is 11.5 Å². The molecule has 310 valence electrons. The third-order valence-corrected chi connectivity index (χ3v) is 13.1. The van der Waals surface area contributed by atoms with Gasteiger partial charge in [0.15, 0.2) is 5.82 Å². The predicted octanol–water partition coefficient (Wildman–Crippen LogP) is 15.8. The first kappa shape index (κ1) is 38.6. The fraction of sp³-hybridized carbons (Fsp3) is 0.0508. The van der Waals surface area contributed by atoms with E-state index in [0.717, 1.165) is 77.7 Å². The summed E-state index contributed by atoms with van der Waals surface area (Å²) in [4.78, 5) is 10.5. The van der Waals surface area contributed by atoms with Crippen molar-refractivity contribution in [2.24, 2.45) is 0 Å². The molecule has 3 nitrogen and oxygen atoms in total. The Balaban J connectivity index is 1.14. The molecule has 1 aromatic heterocycles. The lowest BCUT2D eigenvalue weighted by Crippen LogP contribution is -2.32. The summed E-state index contributed by atoms with van der Waals surface area (Å²) < 4.78 is 52.8. The molecule has 0 saturated carbocycles. The van der Waals surface area contributed by atoms with Crippen molar-refractivity contribution in [1.82, 2.24) is 9.97 Å². The Bertz CT molecular complexity index is 3520. The van der Waals surface area contributed by atoms with Gasteiger partial charge in [0.2, 0.25) is 0 Å². The zero-order chi connectivity index (χ0) is 43.9. The molecule has 6 heteroatoms. The second-order valence-corrected chi connectivity index (χ2v) is 16.8. The van der Waals surface area contributed by atoms with Crippen LogP contribution < -0.4 is 4.74 Å². The molecular weight excluding hydrogens is 810 g/mol. The Kier molecular flexibility index (Phi) is 8.75. The fourth-order valence-corrected chi connectivity index (χ4v) is 10.2. The van der Waals surface area contributed by atoms with E-state index in [0.29, 0.717) is 34.1 Å². The standard InChI is InChI=1S/C59H37F3N2O/c1-36-25-27-37(28-26-36)40-30-32-55-51(33-40)58(47-21-9-10-24-54(47)65-55)48-22-12-23-49(59(60,61)62)56(48)46-31-29-41(34-50(46)58)52-35-53(64-57(63-52)39-14-3-2-4-15-39)45-19-8-7-18-44(45)43-20-11-16-38-13-5-6-17-42(38)43/h2-35H,1H3. The van der Waals surface area contributed by atoms with E-state index in [9.17, 15) is 0 Å². The average Bonchev–Trinajstić information content (AvgIpc) is 3.64. The van der Waals surface area contributed by atoms with E-state index in [1.54, 1.807) is 0 Å². The van der Waals surface area contributed by atoms with E-state index in [-0.39, 0.29) is 5.56 Å². The van der Waals surface area contributed by atoms with Crippen LogP contribution in [0.2, 0.25) is 0 Å². The number of hydrogen-bond donors (Lipinski definition) is 0. The molecule has 2 heterocycles. The summed E-state index contributed by atoms with van der Waals surface area (Å²) in [6.07, 6.45) is -4.62. The van der Waals surface area contributed by atoms with Gasteiger partial charge in [-0.05, 0) is 98.6 Å². The smallest absolute Gasteiger partial charge is 0.417 e. The summed E-state index contributed by atoms with van der Waals surface area (Å²) in [7, 11) is 0. The van der Waals surface area contributed by atoms with E-state index in [1.165, 1.54) is 12.1 Å². The van der Waals surface area contributed by atoms with E-state index in [2.05, 4.69) is 84.9 Å². The van der Waals surface area contributed by atoms with E-state index >= 15 is 13.2 Å². The van der Waals surface area contributed by atoms with Gasteiger partial charge in [0.05, 0.1) is 22.4 Å². The van der Waals surface area contributed by atoms with Crippen molar-refractivity contribution in [2.45, 2.75) is 18.5 Å². The highest BCUT2D eigenvalue weighted by atomic mass is 19.4. The molecule has 1 unspecified atom stereocenters. The van der Waals surface area contributed by atoms with Crippen LogP contribution in [0.25, 0.3) is 78.1 Å². The normalized spacial score (nSPS) is 14.6. The monoisotopic (exact) mass is 846 g/mol. The molecular formula is C59H37F3N2O. The largest absolute Gasteiger partial charge is 0.457 e. The zero-order valence-electron chi connectivity index (χ0n) is 35.1. The average molecular weight is 847 g/mol. The van der Waals surface area contributed by atoms with Gasteiger partial charge in [-0.3, -0.25) is 0 Å². The second-order valence-electron chi connectivity index (χ2n) is 16.8. The van der Waals surface area contributed by atoms with Gasteiger partial charge in [-0.2, -0.15) is 13.2 Å². The molecule has 2 aliphatic rings. The third-order valence-electron chi connectivity index (χ3n) is 13.1. The van der Waals surface area contributed by atoms with Crippen molar-refractivity contribution in [3.63, 3.8) is 0 Å². The van der Waals surface area contributed by atoms with Crippen LogP contribution in [0.1, 0.15) is 33.4 Å². The fourth-order valence-electron chi connectivity index (χ4n) is 10.2. The first-order chi connectivity index (χ1) is 31.8. The highest BCUT2D eigenvalue weighted by molar-refractivity contribution is 6.00. The number of nitrogens with zero attached hydrogens (tertiary/aromatic N) is 2. The van der Waals surface area contributed by atoms with Crippen LogP contribution in [0, 0.1) is 6.92 Å². The molecule has 9 aromatic carbocycles. The van der Waals surface area contributed by atoms with Gasteiger partial charge in [-0.1, -0.05) is 175 Å². The van der Waals surface area contributed by atoms with E-state index in [4.69, 9.17) is 14.7 Å². The summed E-state index contributed by atoms with van der Waals surface area (Å²) in [6.45, 7) is 2.05. The van der Waals surface area contributed by atoms with Crippen molar-refractivity contribution in [3.8, 4) is 78.8 Å². The Morgan fingerprint density at radius 2 is 1.06 bits per heavy atom. The van der Waals surface area contributed by atoms with Crippen molar-refractivity contribution in [1.29, 1.82) is 0 Å². The SMILES string of the molecule is Cc1ccc(-c2ccc3c(c2)C2(c4ccccc4O3)c3cc(-c4cc(-c5ccccc5-c5cccc6ccccc56)nc(-c5ccccc5)n4)ccc3-c3c(C(F)(F)F)cccc32)cc1. The molecule has 0 N–H and O–H groups in total. The van der Waals surface area contributed by atoms with Crippen LogP contribution in [0.3, 0.4) is 0 Å². The number of halogens is 3. The van der Waals surface area contributed by atoms with E-state index < -0.39 is 17.2 Å². The number of rotatable bonds is 5. The molecule has 1 aliphatic heterocycles. The lowest BCUT2D eigenvalue weighted by atomic mass is 9.65. The Morgan fingerprint density at radius 1 is 0.431 bits per heavy atom. The van der Waals surface area contributed by atoms with Crippen LogP contribution in [-0.4, -0.2) is 9.97 Å². The van der Waals surface area contributed by atoms with Crippen molar-refractivity contribution in [3.05, 3.63) is 240 Å². The van der Waals surface area contributed by atoms with E-state index in [1.807, 2.05) is 116 Å². The summed E-state index contributed by atoms with van der Waals surface area (Å²) in [6, 6.07) is 67.4. The molecule has 0 bridgehead atoms. The first-order valence-corrected chi connectivity index (χ1v) is 21.6. The van der Waals surface area contributed by atoms with Crippen LogP contribution in [0.5, 0.6) is 11.5 Å². The van der Waals surface area contributed by atoms with Gasteiger partial charge >= 0.3 is 6.18 Å². The highest BCUT2D eigenvalue weighted by Gasteiger charge is 2.53. The maximum absolute atomic E-state index is 15.4. The quantitative estimate of drug-likeness (QED) is 0.173. The lowest BCUT2D eigenvalue weighted by molar-refractivity contribution is -0.137. The molecule has 12 rings (SSSR count). The summed E-state index contributed by atoms with van der Waals surface area (Å²) in [5, 5.41) is 2.27. The number of hydrogen-bond acceptors (Lipinski definition) is 3. The number of alkyl halides is 3. The summed E-state index contributed by atoms with van der Waals surface area (Å²) in [5.74, 6) is 1.71. The molecule has 1 aliphatic carbocycles. The van der Waals surface area contributed by atoms with Gasteiger partial charge in [0, 0.05) is 27.8 Å². The lowest BCUT2D eigenvalue weighted by Gasteiger charge is -2.39. The molecule has 0 saturated heterocycles. The minimum absolute atomic E-state index is 0.169. The molecule has 1 atom stereocenters. The first-order valence-electron chi connectivity index (χ1n) is 21.6. The molecule has 10 aromatic rings. The number of aromatic nitrogens is 2. The zero-order valence-corrected chi connectivity index (χ0v) is 35.1. The van der Waals surface area contributed by atoms with Crippen molar-refractivity contribution >= 4 is 10.8 Å². The number of fused-ring (bicyclic) bond motifs is 10. The molecule has 0 fully saturated rings. The maximum Gasteiger partial charge on any atom is 0.417 e. The number of aryl methyl sites for hydroxylation is 1. The Morgan fingerprint density at radius 3 is 1.91 bits per heavy atom. The van der Waals surface area contributed by atoms with Crippen molar-refractivity contribution < 1.29 is 17.9 Å². The summed E-state index contributed by atoms with van der Waals surface area (Å²) >= 11 is 0.